The molecule has 1 N–H and O–H groups in total. The first-order valence-corrected chi connectivity index (χ1v) is 8.42. The van der Waals surface area contributed by atoms with Gasteiger partial charge in [-0.1, -0.05) is 40.9 Å². The molecule has 0 radical (unpaired) electrons. The molecule has 0 atom stereocenters. The third-order valence-electron chi connectivity index (χ3n) is 2.38. The Morgan fingerprint density at radius 3 is 2.35 bits per heavy atom. The van der Waals surface area contributed by atoms with E-state index in [4.69, 9.17) is 34.8 Å². The highest BCUT2D eigenvalue weighted by atomic mass is 35.5. The maximum atomic E-state index is 11.2. The Balaban J connectivity index is 2.30. The predicted octanol–water partition coefficient (Wildman–Crippen LogP) is 3.26. The number of halogens is 3. The Morgan fingerprint density at radius 2 is 1.80 bits per heavy atom. The molecule has 108 valence electrons. The molecule has 1 aromatic carbocycles. The second-order valence-electron chi connectivity index (χ2n) is 4.10. The maximum Gasteiger partial charge on any atom is 0.231 e. The van der Waals surface area contributed by atoms with Crippen LogP contribution in [0.2, 0.25) is 15.1 Å². The quantitative estimate of drug-likeness (QED) is 0.916. The van der Waals surface area contributed by atoms with Gasteiger partial charge < -0.3 is 0 Å². The summed E-state index contributed by atoms with van der Waals surface area (Å²) in [5.41, 5.74) is 0.681. The second-order valence-corrected chi connectivity index (χ2v) is 7.07. The Bertz CT molecular complexity index is 723. The fraction of sp³-hybridized carbons (Fsp3) is 0.182. The van der Waals surface area contributed by atoms with Gasteiger partial charge in [0.15, 0.2) is 5.82 Å². The average molecular weight is 355 g/mol. The normalized spacial score (nSPS) is 11.6. The van der Waals surface area contributed by atoms with E-state index in [1.165, 1.54) is 10.9 Å². The zero-order chi connectivity index (χ0) is 14.9. The third-order valence-corrected chi connectivity index (χ3v) is 3.93. The summed E-state index contributed by atoms with van der Waals surface area (Å²) >= 11 is 18.0. The summed E-state index contributed by atoms with van der Waals surface area (Å²) in [7, 11) is -3.44. The first-order valence-electron chi connectivity index (χ1n) is 5.40. The van der Waals surface area contributed by atoms with Gasteiger partial charge >= 0.3 is 0 Å². The van der Waals surface area contributed by atoms with Crippen LogP contribution in [0.1, 0.15) is 5.56 Å². The van der Waals surface area contributed by atoms with E-state index in [1.807, 2.05) is 0 Å². The van der Waals surface area contributed by atoms with Gasteiger partial charge in [-0.05, 0) is 12.1 Å². The van der Waals surface area contributed by atoms with Crippen LogP contribution in [0.25, 0.3) is 0 Å². The molecule has 2 aromatic rings. The molecule has 0 bridgehead atoms. The lowest BCUT2D eigenvalue weighted by Crippen LogP contribution is -2.11. The van der Waals surface area contributed by atoms with E-state index < -0.39 is 10.0 Å². The van der Waals surface area contributed by atoms with Crippen molar-refractivity contribution in [2.45, 2.75) is 6.54 Å². The lowest BCUT2D eigenvalue weighted by molar-refractivity contribution is 0.606. The summed E-state index contributed by atoms with van der Waals surface area (Å²) in [4.78, 5) is 0. The third kappa shape index (κ3) is 3.79. The molecule has 1 heterocycles. The van der Waals surface area contributed by atoms with Crippen molar-refractivity contribution in [2.75, 3.05) is 11.0 Å². The van der Waals surface area contributed by atoms with Crippen molar-refractivity contribution in [3.05, 3.63) is 45.0 Å². The van der Waals surface area contributed by atoms with Gasteiger partial charge in [-0.2, -0.15) is 5.10 Å². The topological polar surface area (TPSA) is 64.0 Å². The summed E-state index contributed by atoms with van der Waals surface area (Å²) in [6, 6.07) is 5.16. The van der Waals surface area contributed by atoms with Crippen LogP contribution in [0, 0.1) is 0 Å². The number of hydrogen-bond acceptors (Lipinski definition) is 3. The predicted molar refractivity (Wildman–Crippen MR) is 81.3 cm³/mol. The van der Waals surface area contributed by atoms with E-state index in [9.17, 15) is 8.42 Å². The summed E-state index contributed by atoms with van der Waals surface area (Å²) < 4.78 is 26.0. The van der Waals surface area contributed by atoms with Crippen molar-refractivity contribution in [3.63, 3.8) is 0 Å². The molecule has 5 nitrogen and oxygen atoms in total. The molecule has 9 heteroatoms. The average Bonchev–Trinajstić information content (AvgIpc) is 2.62. The number of anilines is 1. The van der Waals surface area contributed by atoms with Crippen molar-refractivity contribution < 1.29 is 8.42 Å². The van der Waals surface area contributed by atoms with E-state index in [0.29, 0.717) is 15.6 Å². The molecule has 0 amide bonds. The number of hydrogen-bond donors (Lipinski definition) is 1. The summed E-state index contributed by atoms with van der Waals surface area (Å²) in [5, 5.41) is 5.25. The van der Waals surface area contributed by atoms with E-state index in [0.717, 1.165) is 6.26 Å². The smallest absolute Gasteiger partial charge is 0.231 e. The van der Waals surface area contributed by atoms with E-state index in [1.54, 1.807) is 18.2 Å². The molecule has 0 aliphatic heterocycles. The fourth-order valence-electron chi connectivity index (χ4n) is 1.57. The molecule has 2 rings (SSSR count). The van der Waals surface area contributed by atoms with Gasteiger partial charge in [0.2, 0.25) is 10.0 Å². The van der Waals surface area contributed by atoms with E-state index in [2.05, 4.69) is 9.82 Å². The largest absolute Gasteiger partial charge is 0.265 e. The molecule has 1 aromatic heterocycles. The maximum absolute atomic E-state index is 11.2. The monoisotopic (exact) mass is 353 g/mol. The highest BCUT2D eigenvalue weighted by Gasteiger charge is 2.13. The number of nitrogens with zero attached hydrogens (tertiary/aromatic N) is 2. The zero-order valence-electron chi connectivity index (χ0n) is 10.3. The molecule has 20 heavy (non-hydrogen) atoms. The highest BCUT2D eigenvalue weighted by Crippen LogP contribution is 2.27. The Morgan fingerprint density at radius 1 is 1.20 bits per heavy atom. The number of benzene rings is 1. The van der Waals surface area contributed by atoms with Crippen LogP contribution >= 0.6 is 34.8 Å². The standard InChI is InChI=1S/C11H10Cl3N3O2S/c1-20(18,19)16-11-10(14)6-17(15-11)5-7-8(12)3-2-4-9(7)13/h2-4,6H,5H2,1H3,(H,15,16). The number of sulfonamides is 1. The Hall–Kier alpha value is -0.950. The first-order chi connectivity index (χ1) is 9.26. The van der Waals surface area contributed by atoms with Gasteiger partial charge in [0, 0.05) is 21.8 Å². The second kappa shape index (κ2) is 5.81. The first kappa shape index (κ1) is 15.4. The molecule has 0 unspecified atom stereocenters. The van der Waals surface area contributed by atoms with Gasteiger partial charge in [-0.25, -0.2) is 8.42 Å². The van der Waals surface area contributed by atoms with Gasteiger partial charge in [0.1, 0.15) is 5.02 Å². The van der Waals surface area contributed by atoms with Crippen LogP contribution in [0.5, 0.6) is 0 Å². The van der Waals surface area contributed by atoms with Crippen LogP contribution < -0.4 is 4.72 Å². The summed E-state index contributed by atoms with van der Waals surface area (Å²) in [6.45, 7) is 0.281. The van der Waals surface area contributed by atoms with Crippen LogP contribution in [-0.2, 0) is 16.6 Å². The molecule has 0 spiro atoms. The van der Waals surface area contributed by atoms with Crippen LogP contribution in [0.3, 0.4) is 0 Å². The van der Waals surface area contributed by atoms with Crippen molar-refractivity contribution >= 4 is 50.6 Å². The van der Waals surface area contributed by atoms with E-state index in [-0.39, 0.29) is 17.4 Å². The Kier molecular flexibility index (Phi) is 4.49. The minimum Gasteiger partial charge on any atom is -0.265 e. The molecule has 0 fully saturated rings. The molecular weight excluding hydrogens is 345 g/mol. The molecule has 0 aliphatic carbocycles. The number of rotatable bonds is 4. The number of nitrogens with one attached hydrogen (secondary N) is 1. The lowest BCUT2D eigenvalue weighted by atomic mass is 10.2. The summed E-state index contributed by atoms with van der Waals surface area (Å²) in [6.07, 6.45) is 2.52. The number of aromatic nitrogens is 2. The van der Waals surface area contributed by atoms with Crippen molar-refractivity contribution in [1.29, 1.82) is 0 Å². The fourth-order valence-corrected chi connectivity index (χ4v) is 2.84. The molecule has 0 saturated carbocycles. The van der Waals surface area contributed by atoms with Gasteiger partial charge in [-0.3, -0.25) is 9.40 Å². The minimum absolute atomic E-state index is 0.0670. The zero-order valence-corrected chi connectivity index (χ0v) is 13.4. The molecular formula is C11H10Cl3N3O2S. The molecule has 0 saturated heterocycles. The van der Waals surface area contributed by atoms with Crippen LogP contribution in [-0.4, -0.2) is 24.5 Å². The molecule has 0 aliphatic rings. The summed E-state index contributed by atoms with van der Waals surface area (Å²) in [5.74, 6) is 0.0670. The minimum atomic E-state index is -3.44. The Labute approximate surface area is 131 Å². The van der Waals surface area contributed by atoms with E-state index >= 15 is 0 Å². The highest BCUT2D eigenvalue weighted by molar-refractivity contribution is 7.92. The van der Waals surface area contributed by atoms with Gasteiger partial charge in [0.05, 0.1) is 12.8 Å². The van der Waals surface area contributed by atoms with Crippen molar-refractivity contribution in [1.82, 2.24) is 9.78 Å². The lowest BCUT2D eigenvalue weighted by Gasteiger charge is -2.06. The van der Waals surface area contributed by atoms with Crippen LogP contribution in [0.4, 0.5) is 5.82 Å². The van der Waals surface area contributed by atoms with Gasteiger partial charge in [0.25, 0.3) is 0 Å². The van der Waals surface area contributed by atoms with Crippen LogP contribution in [0.15, 0.2) is 24.4 Å². The van der Waals surface area contributed by atoms with Crippen molar-refractivity contribution in [2.24, 2.45) is 0 Å². The van der Waals surface area contributed by atoms with Crippen molar-refractivity contribution in [3.8, 4) is 0 Å². The van der Waals surface area contributed by atoms with Gasteiger partial charge in [-0.15, -0.1) is 0 Å². The SMILES string of the molecule is CS(=O)(=O)Nc1nn(Cc2c(Cl)cccc2Cl)cc1Cl.